The number of aryl methyl sites for hydroxylation is 2. The molecule has 4 aromatic rings. The molecule has 33 heavy (non-hydrogen) atoms. The Morgan fingerprint density at radius 3 is 2.33 bits per heavy atom. The number of rotatable bonds is 7. The van der Waals surface area contributed by atoms with Crippen LogP contribution < -0.4 is 0 Å². The summed E-state index contributed by atoms with van der Waals surface area (Å²) in [4.78, 5) is 0. The van der Waals surface area contributed by atoms with Crippen molar-refractivity contribution in [2.75, 3.05) is 0 Å². The fourth-order valence-corrected chi connectivity index (χ4v) is 4.28. The van der Waals surface area contributed by atoms with Gasteiger partial charge in [0.25, 0.3) is 0 Å². The molecule has 0 amide bonds. The van der Waals surface area contributed by atoms with Crippen LogP contribution in [0.25, 0.3) is 28.2 Å². The van der Waals surface area contributed by atoms with Crippen LogP contribution in [0.3, 0.4) is 0 Å². The van der Waals surface area contributed by atoms with Crippen molar-refractivity contribution in [1.82, 2.24) is 14.8 Å². The van der Waals surface area contributed by atoms with E-state index in [4.69, 9.17) is 5.10 Å². The minimum absolute atomic E-state index is 0. The largest absolute Gasteiger partial charge is 0.319 e. The smallest absolute Gasteiger partial charge is 0.134 e. The average Bonchev–Trinajstić information content (AvgIpc) is 3.24. The molecule has 0 aliphatic rings. The van der Waals surface area contributed by atoms with Crippen LogP contribution in [-0.4, -0.2) is 14.8 Å². The third-order valence-corrected chi connectivity index (χ3v) is 6.17. The van der Waals surface area contributed by atoms with Crippen LogP contribution in [0.15, 0.2) is 66.7 Å². The molecule has 4 rings (SSSR count). The topological polar surface area (TPSA) is 30.7 Å². The Labute approximate surface area is 211 Å². The first-order valence-corrected chi connectivity index (χ1v) is 11.5. The maximum Gasteiger partial charge on any atom is 0.134 e. The molecule has 0 atom stereocenters. The van der Waals surface area contributed by atoms with Gasteiger partial charge in [0.2, 0.25) is 0 Å². The number of hydrogen-bond donors (Lipinski definition) is 0. The zero-order valence-electron chi connectivity index (χ0n) is 20.1. The minimum Gasteiger partial charge on any atom is -0.319 e. The van der Waals surface area contributed by atoms with Crippen molar-refractivity contribution in [2.24, 2.45) is 0 Å². The standard InChI is InChI=1S/C29H32N3.Ir/c1-6-7-18-29(4,5)28-31-30-27(25-15-11-12-21(2)19-25)32(28)26-17-16-24(20-22(26)3)23-13-9-8-10-14-23;/h8-14,16-17,19-20H,6-7,18H2,1-5H3;/q-1;. The van der Waals surface area contributed by atoms with Gasteiger partial charge in [0, 0.05) is 31.2 Å². The molecule has 0 aliphatic heterocycles. The molecule has 3 aromatic carbocycles. The number of benzene rings is 3. The third kappa shape index (κ3) is 5.34. The molecule has 0 saturated heterocycles. The van der Waals surface area contributed by atoms with Gasteiger partial charge in [0.15, 0.2) is 0 Å². The second-order valence-corrected chi connectivity index (χ2v) is 9.32. The second-order valence-electron chi connectivity index (χ2n) is 9.32. The molecule has 0 N–H and O–H groups in total. The average molecular weight is 615 g/mol. The summed E-state index contributed by atoms with van der Waals surface area (Å²) in [7, 11) is 0. The first kappa shape index (κ1) is 25.1. The Morgan fingerprint density at radius 2 is 1.67 bits per heavy atom. The number of hydrogen-bond acceptors (Lipinski definition) is 2. The van der Waals surface area contributed by atoms with E-state index in [0.717, 1.165) is 35.7 Å². The van der Waals surface area contributed by atoms with Gasteiger partial charge < -0.3 is 4.57 Å². The Kier molecular flexibility index (Phi) is 8.05. The fraction of sp³-hybridized carbons (Fsp3) is 0.310. The van der Waals surface area contributed by atoms with E-state index in [0.29, 0.717) is 0 Å². The monoisotopic (exact) mass is 615 g/mol. The van der Waals surface area contributed by atoms with E-state index in [1.165, 1.54) is 28.7 Å². The van der Waals surface area contributed by atoms with E-state index in [9.17, 15) is 0 Å². The Bertz CT molecular complexity index is 1210. The molecule has 173 valence electrons. The third-order valence-electron chi connectivity index (χ3n) is 6.17. The summed E-state index contributed by atoms with van der Waals surface area (Å²) in [5, 5.41) is 9.42. The van der Waals surface area contributed by atoms with Gasteiger partial charge in [-0.1, -0.05) is 76.9 Å². The molecule has 4 heteroatoms. The SMILES string of the molecule is CCCCC(C)(C)c1nnc(-c2[c-]ccc(C)c2)n1-c1ccc(-c2ccccc2)cc1C.[Ir]. The van der Waals surface area contributed by atoms with Crippen molar-refractivity contribution in [1.29, 1.82) is 0 Å². The maximum atomic E-state index is 4.74. The number of aromatic nitrogens is 3. The summed E-state index contributed by atoms with van der Waals surface area (Å²) in [6, 6.07) is 26.7. The molecular formula is C29H32IrN3-. The van der Waals surface area contributed by atoms with E-state index in [1.807, 2.05) is 6.07 Å². The fourth-order valence-electron chi connectivity index (χ4n) is 4.28. The number of nitrogens with zero attached hydrogens (tertiary/aromatic N) is 3. The van der Waals surface area contributed by atoms with Crippen molar-refractivity contribution >= 4 is 0 Å². The first-order chi connectivity index (χ1) is 15.4. The van der Waals surface area contributed by atoms with Crippen LogP contribution in [0, 0.1) is 19.9 Å². The molecule has 1 heterocycles. The van der Waals surface area contributed by atoms with Crippen LogP contribution in [0.5, 0.6) is 0 Å². The Hall–Kier alpha value is -2.55. The van der Waals surface area contributed by atoms with E-state index in [-0.39, 0.29) is 25.5 Å². The number of unbranched alkanes of at least 4 members (excludes halogenated alkanes) is 1. The summed E-state index contributed by atoms with van der Waals surface area (Å²) >= 11 is 0. The van der Waals surface area contributed by atoms with E-state index in [1.54, 1.807) is 0 Å². The summed E-state index contributed by atoms with van der Waals surface area (Å²) < 4.78 is 2.26. The molecule has 0 spiro atoms. The zero-order valence-corrected chi connectivity index (χ0v) is 22.5. The summed E-state index contributed by atoms with van der Waals surface area (Å²) in [6.07, 6.45) is 3.40. The molecule has 3 nitrogen and oxygen atoms in total. The maximum absolute atomic E-state index is 4.74. The van der Waals surface area contributed by atoms with Gasteiger partial charge in [-0.15, -0.1) is 40.5 Å². The molecule has 0 saturated carbocycles. The summed E-state index contributed by atoms with van der Waals surface area (Å²) in [6.45, 7) is 11.1. The van der Waals surface area contributed by atoms with Gasteiger partial charge in [-0.3, -0.25) is 0 Å². The van der Waals surface area contributed by atoms with Gasteiger partial charge in [-0.25, -0.2) is 0 Å². The molecule has 0 fully saturated rings. The normalized spacial score (nSPS) is 11.3. The van der Waals surface area contributed by atoms with Crippen molar-refractivity contribution in [3.63, 3.8) is 0 Å². The van der Waals surface area contributed by atoms with E-state index >= 15 is 0 Å². The first-order valence-electron chi connectivity index (χ1n) is 11.5. The van der Waals surface area contributed by atoms with Crippen molar-refractivity contribution in [3.8, 4) is 28.2 Å². The predicted octanol–water partition coefficient (Wildman–Crippen LogP) is 7.48. The van der Waals surface area contributed by atoms with Crippen LogP contribution in [0.2, 0.25) is 0 Å². The van der Waals surface area contributed by atoms with Gasteiger partial charge in [0.1, 0.15) is 5.82 Å². The van der Waals surface area contributed by atoms with Gasteiger partial charge in [0.05, 0.1) is 5.82 Å². The molecule has 0 aliphatic carbocycles. The predicted molar refractivity (Wildman–Crippen MR) is 133 cm³/mol. The van der Waals surface area contributed by atoms with Crippen molar-refractivity contribution in [3.05, 3.63) is 89.7 Å². The van der Waals surface area contributed by atoms with Crippen LogP contribution in [-0.2, 0) is 25.5 Å². The van der Waals surface area contributed by atoms with Crippen molar-refractivity contribution < 1.29 is 20.1 Å². The molecule has 1 radical (unpaired) electrons. The minimum atomic E-state index is -0.0877. The van der Waals surface area contributed by atoms with Crippen molar-refractivity contribution in [2.45, 2.75) is 59.3 Å². The summed E-state index contributed by atoms with van der Waals surface area (Å²) in [5.74, 6) is 1.86. The molecular weight excluding hydrogens is 583 g/mol. The molecule has 1 aromatic heterocycles. The Morgan fingerprint density at radius 1 is 0.909 bits per heavy atom. The molecule has 0 unspecified atom stereocenters. The van der Waals surface area contributed by atoms with Crippen LogP contribution in [0.1, 0.15) is 57.0 Å². The quantitative estimate of drug-likeness (QED) is 0.202. The summed E-state index contributed by atoms with van der Waals surface area (Å²) in [5.41, 5.74) is 6.84. The van der Waals surface area contributed by atoms with Gasteiger partial charge in [-0.2, -0.15) is 5.10 Å². The zero-order chi connectivity index (χ0) is 22.7. The van der Waals surface area contributed by atoms with Crippen LogP contribution >= 0.6 is 0 Å². The van der Waals surface area contributed by atoms with Crippen LogP contribution in [0.4, 0.5) is 0 Å². The van der Waals surface area contributed by atoms with E-state index < -0.39 is 0 Å². The van der Waals surface area contributed by atoms with E-state index in [2.05, 4.69) is 111 Å². The second kappa shape index (κ2) is 10.6. The molecule has 0 bridgehead atoms. The van der Waals surface area contributed by atoms with Gasteiger partial charge >= 0.3 is 0 Å². The van der Waals surface area contributed by atoms with Gasteiger partial charge in [-0.05, 0) is 42.2 Å². The Balaban J connectivity index is 0.00000306.